The molecule has 3 amide bonds. The van der Waals surface area contributed by atoms with Gasteiger partial charge < -0.3 is 5.32 Å². The summed E-state index contributed by atoms with van der Waals surface area (Å²) < 4.78 is 0.642. The van der Waals surface area contributed by atoms with Gasteiger partial charge in [-0.3, -0.25) is 9.69 Å². The van der Waals surface area contributed by atoms with Crippen molar-refractivity contribution in [3.8, 4) is 0 Å². The average Bonchev–Trinajstić information content (AvgIpc) is 2.97. The minimum Gasteiger partial charge on any atom is -0.319 e. The number of halogens is 1. The predicted octanol–water partition coefficient (Wildman–Crippen LogP) is 3.68. The van der Waals surface area contributed by atoms with Crippen LogP contribution in [0.1, 0.15) is 22.9 Å². The van der Waals surface area contributed by atoms with Gasteiger partial charge in [-0.1, -0.05) is 41.4 Å². The molecular weight excluding hydrogens is 320 g/mol. The van der Waals surface area contributed by atoms with E-state index in [4.69, 9.17) is 11.6 Å². The number of urea groups is 1. The molecule has 0 radical (unpaired) electrons. The smallest absolute Gasteiger partial charge is 0.319 e. The number of hydrogen-bond acceptors (Lipinski definition) is 3. The molecule has 1 aliphatic rings. The summed E-state index contributed by atoms with van der Waals surface area (Å²) >= 11 is 7.27. The molecule has 4 nitrogen and oxygen atoms in total. The summed E-state index contributed by atoms with van der Waals surface area (Å²) in [6.45, 7) is 3.96. The third-order valence-corrected chi connectivity index (χ3v) is 5.06. The van der Waals surface area contributed by atoms with Gasteiger partial charge in [-0.05, 0) is 31.5 Å². The van der Waals surface area contributed by atoms with Crippen molar-refractivity contribution >= 4 is 34.9 Å². The number of carbonyl (C=O) groups is 2. The fraction of sp³-hybridized carbons (Fsp3) is 0.250. The van der Waals surface area contributed by atoms with Gasteiger partial charge in [0.15, 0.2) is 0 Å². The molecule has 0 bridgehead atoms. The van der Waals surface area contributed by atoms with E-state index in [1.807, 2.05) is 37.3 Å². The highest BCUT2D eigenvalue weighted by atomic mass is 35.5. The lowest BCUT2D eigenvalue weighted by molar-refractivity contribution is -0.131. The van der Waals surface area contributed by atoms with Crippen molar-refractivity contribution in [1.29, 1.82) is 0 Å². The van der Waals surface area contributed by atoms with Crippen LogP contribution in [0.15, 0.2) is 36.4 Å². The molecular formula is C16H15ClN2O2S. The highest BCUT2D eigenvalue weighted by Crippen LogP contribution is 2.31. The monoisotopic (exact) mass is 334 g/mol. The van der Waals surface area contributed by atoms with Crippen molar-refractivity contribution < 1.29 is 9.59 Å². The van der Waals surface area contributed by atoms with Crippen LogP contribution in [0.2, 0.25) is 4.34 Å². The van der Waals surface area contributed by atoms with E-state index in [9.17, 15) is 9.59 Å². The first-order chi connectivity index (χ1) is 10.4. The van der Waals surface area contributed by atoms with Crippen molar-refractivity contribution in [2.24, 2.45) is 0 Å². The molecule has 1 saturated heterocycles. The Bertz CT molecular complexity index is 741. The van der Waals surface area contributed by atoms with Crippen molar-refractivity contribution in [1.82, 2.24) is 10.2 Å². The maximum absolute atomic E-state index is 12.7. The summed E-state index contributed by atoms with van der Waals surface area (Å²) in [4.78, 5) is 27.1. The molecule has 22 heavy (non-hydrogen) atoms. The standard InChI is InChI=1S/C16H15ClN2O2S/c1-10-3-5-11(6-4-10)16(2)14(20)19(15(21)18-16)9-12-7-8-13(17)22-12/h3-8H,9H2,1-2H3,(H,18,21). The van der Waals surface area contributed by atoms with Crippen LogP contribution in [-0.4, -0.2) is 16.8 Å². The van der Waals surface area contributed by atoms with Crippen LogP contribution < -0.4 is 5.32 Å². The zero-order valence-electron chi connectivity index (χ0n) is 12.2. The summed E-state index contributed by atoms with van der Waals surface area (Å²) in [5.74, 6) is -0.245. The van der Waals surface area contributed by atoms with Crippen LogP contribution in [0, 0.1) is 6.92 Å². The molecule has 1 unspecified atom stereocenters. The molecule has 2 heterocycles. The molecule has 3 rings (SSSR count). The van der Waals surface area contributed by atoms with Crippen molar-refractivity contribution in [2.45, 2.75) is 25.9 Å². The van der Waals surface area contributed by atoms with E-state index in [2.05, 4.69) is 5.32 Å². The molecule has 0 aliphatic carbocycles. The van der Waals surface area contributed by atoms with Crippen LogP contribution in [0.3, 0.4) is 0 Å². The highest BCUT2D eigenvalue weighted by Gasteiger charge is 2.48. The fourth-order valence-corrected chi connectivity index (χ4v) is 3.59. The number of nitrogens with one attached hydrogen (secondary N) is 1. The molecule has 1 aromatic heterocycles. The molecule has 0 saturated carbocycles. The zero-order chi connectivity index (χ0) is 15.9. The molecule has 1 aromatic carbocycles. The van der Waals surface area contributed by atoms with Gasteiger partial charge in [0.2, 0.25) is 0 Å². The second-order valence-electron chi connectivity index (χ2n) is 5.52. The number of benzene rings is 1. The SMILES string of the molecule is Cc1ccc(C2(C)NC(=O)N(Cc3ccc(Cl)s3)C2=O)cc1. The Morgan fingerprint density at radius 3 is 2.45 bits per heavy atom. The van der Waals surface area contributed by atoms with Crippen LogP contribution in [0.4, 0.5) is 4.79 Å². The van der Waals surface area contributed by atoms with Gasteiger partial charge in [-0.2, -0.15) is 0 Å². The maximum atomic E-state index is 12.7. The lowest BCUT2D eigenvalue weighted by Crippen LogP contribution is -2.40. The summed E-state index contributed by atoms with van der Waals surface area (Å²) in [6, 6.07) is 10.8. The second-order valence-corrected chi connectivity index (χ2v) is 7.32. The van der Waals surface area contributed by atoms with E-state index >= 15 is 0 Å². The quantitative estimate of drug-likeness (QED) is 0.870. The first-order valence-electron chi connectivity index (χ1n) is 6.85. The molecule has 1 aliphatic heterocycles. The third kappa shape index (κ3) is 2.51. The largest absolute Gasteiger partial charge is 0.325 e. The Morgan fingerprint density at radius 2 is 1.86 bits per heavy atom. The molecule has 2 aromatic rings. The number of imide groups is 1. The van der Waals surface area contributed by atoms with Gasteiger partial charge in [0.05, 0.1) is 10.9 Å². The fourth-order valence-electron chi connectivity index (χ4n) is 2.52. The normalized spacial score (nSPS) is 21.3. The van der Waals surface area contributed by atoms with Crippen LogP contribution in [0.25, 0.3) is 0 Å². The maximum Gasteiger partial charge on any atom is 0.325 e. The van der Waals surface area contributed by atoms with Crippen molar-refractivity contribution in [3.63, 3.8) is 0 Å². The summed E-state index contributed by atoms with van der Waals surface area (Å²) in [6.07, 6.45) is 0. The predicted molar refractivity (Wildman–Crippen MR) is 86.9 cm³/mol. The van der Waals surface area contributed by atoms with E-state index in [1.54, 1.807) is 13.0 Å². The number of aryl methyl sites for hydroxylation is 1. The Balaban J connectivity index is 1.88. The topological polar surface area (TPSA) is 49.4 Å². The van der Waals surface area contributed by atoms with Crippen LogP contribution in [0.5, 0.6) is 0 Å². The lowest BCUT2D eigenvalue weighted by atomic mass is 9.91. The van der Waals surface area contributed by atoms with Gasteiger partial charge >= 0.3 is 6.03 Å². The van der Waals surface area contributed by atoms with Gasteiger partial charge in [-0.15, -0.1) is 11.3 Å². The van der Waals surface area contributed by atoms with E-state index in [1.165, 1.54) is 16.2 Å². The lowest BCUT2D eigenvalue weighted by Gasteiger charge is -2.22. The minimum absolute atomic E-state index is 0.240. The molecule has 0 spiro atoms. The summed E-state index contributed by atoms with van der Waals surface area (Å²) in [7, 11) is 0. The van der Waals surface area contributed by atoms with Crippen LogP contribution in [-0.2, 0) is 16.9 Å². The Kier molecular flexibility index (Phi) is 3.70. The first kappa shape index (κ1) is 15.1. The highest BCUT2D eigenvalue weighted by molar-refractivity contribution is 7.16. The Hall–Kier alpha value is -1.85. The molecule has 6 heteroatoms. The molecule has 1 fully saturated rings. The summed E-state index contributed by atoms with van der Waals surface area (Å²) in [5, 5.41) is 2.80. The Morgan fingerprint density at radius 1 is 1.18 bits per heavy atom. The Labute approximate surface area is 137 Å². The van der Waals surface area contributed by atoms with Gasteiger partial charge in [0.25, 0.3) is 5.91 Å². The van der Waals surface area contributed by atoms with Gasteiger partial charge in [-0.25, -0.2) is 4.79 Å². The van der Waals surface area contributed by atoms with Gasteiger partial charge in [0, 0.05) is 4.88 Å². The third-order valence-electron chi connectivity index (χ3n) is 3.85. The van der Waals surface area contributed by atoms with Crippen LogP contribution >= 0.6 is 22.9 Å². The molecule has 114 valence electrons. The zero-order valence-corrected chi connectivity index (χ0v) is 13.8. The van der Waals surface area contributed by atoms with E-state index in [-0.39, 0.29) is 18.5 Å². The van der Waals surface area contributed by atoms with Crippen molar-refractivity contribution in [3.05, 3.63) is 56.7 Å². The number of rotatable bonds is 3. The molecule has 1 N–H and O–H groups in total. The van der Waals surface area contributed by atoms with Gasteiger partial charge in [0.1, 0.15) is 5.54 Å². The van der Waals surface area contributed by atoms with Crippen molar-refractivity contribution in [2.75, 3.05) is 0 Å². The number of nitrogens with zero attached hydrogens (tertiary/aromatic N) is 1. The minimum atomic E-state index is -1.02. The second kappa shape index (κ2) is 5.41. The summed E-state index contributed by atoms with van der Waals surface area (Å²) in [5.41, 5.74) is 0.864. The number of hydrogen-bond donors (Lipinski definition) is 1. The average molecular weight is 335 g/mol. The first-order valence-corrected chi connectivity index (χ1v) is 8.05. The number of thiophene rings is 1. The number of carbonyl (C=O) groups excluding carboxylic acids is 2. The van der Waals surface area contributed by atoms with E-state index < -0.39 is 5.54 Å². The molecule has 1 atom stereocenters. The van der Waals surface area contributed by atoms with E-state index in [0.717, 1.165) is 16.0 Å². The number of amides is 3. The van der Waals surface area contributed by atoms with E-state index in [0.29, 0.717) is 4.34 Å².